The fourth-order valence-corrected chi connectivity index (χ4v) is 4.33. The summed E-state index contributed by atoms with van der Waals surface area (Å²) in [5.74, 6) is -0.410. The number of hydrogen-bond donors (Lipinski definition) is 1. The van der Waals surface area contributed by atoms with Crippen LogP contribution in [0.1, 0.15) is 16.9 Å². The van der Waals surface area contributed by atoms with Gasteiger partial charge in [0.25, 0.3) is 16.8 Å². The number of nitro benzene ring substituents is 1. The Hall–Kier alpha value is -4.18. The summed E-state index contributed by atoms with van der Waals surface area (Å²) >= 11 is 0.710. The van der Waals surface area contributed by atoms with Crippen LogP contribution in [0.5, 0.6) is 0 Å². The van der Waals surface area contributed by atoms with Gasteiger partial charge < -0.3 is 9.73 Å². The number of benzene rings is 2. The molecule has 172 valence electrons. The molecule has 1 saturated heterocycles. The number of furan rings is 1. The Morgan fingerprint density at radius 2 is 1.85 bits per heavy atom. The first-order chi connectivity index (χ1) is 16.2. The molecular weight excluding hydrogens is 458 g/mol. The van der Waals surface area contributed by atoms with Crippen LogP contribution in [0, 0.1) is 24.0 Å². The summed E-state index contributed by atoms with van der Waals surface area (Å²) in [6.07, 6.45) is 1.41. The van der Waals surface area contributed by atoms with Crippen molar-refractivity contribution in [1.29, 1.82) is 0 Å². The van der Waals surface area contributed by atoms with Gasteiger partial charge >= 0.3 is 0 Å². The van der Waals surface area contributed by atoms with Crippen LogP contribution >= 0.6 is 11.8 Å². The van der Waals surface area contributed by atoms with Crippen molar-refractivity contribution in [2.75, 3.05) is 11.9 Å². The smallest absolute Gasteiger partial charge is 0.294 e. The lowest BCUT2D eigenvalue weighted by Gasteiger charge is -2.13. The zero-order valence-corrected chi connectivity index (χ0v) is 19.0. The zero-order valence-electron chi connectivity index (χ0n) is 18.2. The van der Waals surface area contributed by atoms with Crippen molar-refractivity contribution in [3.63, 3.8) is 0 Å². The summed E-state index contributed by atoms with van der Waals surface area (Å²) in [6, 6.07) is 14.7. The van der Waals surface area contributed by atoms with Crippen LogP contribution in [0.25, 0.3) is 17.4 Å². The third-order valence-electron chi connectivity index (χ3n) is 4.92. The highest BCUT2D eigenvalue weighted by atomic mass is 32.2. The zero-order chi connectivity index (χ0) is 24.4. The molecule has 0 saturated carbocycles. The van der Waals surface area contributed by atoms with E-state index in [0.717, 1.165) is 16.0 Å². The molecule has 2 heterocycles. The Kier molecular flexibility index (Phi) is 6.33. The molecule has 0 unspecified atom stereocenters. The Bertz CT molecular complexity index is 1340. The van der Waals surface area contributed by atoms with Gasteiger partial charge in [0.2, 0.25) is 5.91 Å². The Balaban J connectivity index is 1.46. The van der Waals surface area contributed by atoms with E-state index in [1.165, 1.54) is 18.2 Å². The van der Waals surface area contributed by atoms with E-state index in [4.69, 9.17) is 4.42 Å². The molecule has 1 aromatic heterocycles. The number of hydrogen-bond acceptors (Lipinski definition) is 7. The lowest BCUT2D eigenvalue weighted by molar-refractivity contribution is -0.384. The van der Waals surface area contributed by atoms with Crippen molar-refractivity contribution in [3.8, 4) is 11.3 Å². The number of nitro groups is 1. The summed E-state index contributed by atoms with van der Waals surface area (Å²) in [5, 5.41) is 13.1. The molecule has 0 spiro atoms. The maximum Gasteiger partial charge on any atom is 0.294 e. The van der Waals surface area contributed by atoms with E-state index in [1.54, 1.807) is 36.4 Å². The largest absolute Gasteiger partial charge is 0.457 e. The fraction of sp³-hybridized carbons (Fsp3) is 0.125. The Morgan fingerprint density at radius 3 is 2.56 bits per heavy atom. The molecule has 1 aliphatic rings. The first-order valence-corrected chi connectivity index (χ1v) is 11.0. The molecule has 3 aromatic rings. The number of imide groups is 1. The Labute approximate surface area is 198 Å². The fourth-order valence-electron chi connectivity index (χ4n) is 3.51. The number of carbonyl (C=O) groups excluding carboxylic acids is 3. The quantitative estimate of drug-likeness (QED) is 0.296. The SMILES string of the molecule is Cc1cc(C)cc(NC(=O)CN2C(=O)S/C(=C/c3ccc(-c4cccc([N+](=O)[O-])c4)o3)C2=O)c1. The molecule has 34 heavy (non-hydrogen) atoms. The molecule has 10 heteroatoms. The maximum absolute atomic E-state index is 12.7. The van der Waals surface area contributed by atoms with E-state index in [2.05, 4.69) is 5.32 Å². The van der Waals surface area contributed by atoms with E-state index in [1.807, 2.05) is 19.9 Å². The molecule has 1 N–H and O–H groups in total. The standard InChI is InChI=1S/C24H19N3O6S/c1-14-8-15(2)10-17(9-14)25-22(28)13-26-23(29)21(34-24(26)30)12-19-6-7-20(33-19)16-4-3-5-18(11-16)27(31)32/h3-12H,13H2,1-2H3,(H,25,28)/b21-12+. The van der Waals surface area contributed by atoms with Crippen LogP contribution in [0.15, 0.2) is 63.9 Å². The van der Waals surface area contributed by atoms with E-state index in [0.29, 0.717) is 34.5 Å². The van der Waals surface area contributed by atoms with Crippen molar-refractivity contribution in [2.45, 2.75) is 13.8 Å². The summed E-state index contributed by atoms with van der Waals surface area (Å²) in [5.41, 5.74) is 2.98. The van der Waals surface area contributed by atoms with Gasteiger partial charge in [-0.2, -0.15) is 0 Å². The van der Waals surface area contributed by atoms with Gasteiger partial charge in [0.15, 0.2) is 0 Å². The average Bonchev–Trinajstić information content (AvgIpc) is 3.33. The second-order valence-corrected chi connectivity index (χ2v) is 8.70. The average molecular weight is 477 g/mol. The summed E-state index contributed by atoms with van der Waals surface area (Å²) in [4.78, 5) is 49.0. The number of carbonyl (C=O) groups is 3. The normalized spacial score (nSPS) is 14.6. The highest BCUT2D eigenvalue weighted by Gasteiger charge is 2.36. The molecule has 1 aliphatic heterocycles. The summed E-state index contributed by atoms with van der Waals surface area (Å²) < 4.78 is 5.69. The van der Waals surface area contributed by atoms with E-state index in [9.17, 15) is 24.5 Å². The molecule has 4 rings (SSSR count). The van der Waals surface area contributed by atoms with Crippen LogP contribution in [0.2, 0.25) is 0 Å². The molecular formula is C24H19N3O6S. The van der Waals surface area contributed by atoms with Crippen LogP contribution in [-0.4, -0.2) is 33.4 Å². The molecule has 9 nitrogen and oxygen atoms in total. The number of nitrogens with one attached hydrogen (secondary N) is 1. The van der Waals surface area contributed by atoms with Crippen molar-refractivity contribution < 1.29 is 23.7 Å². The highest BCUT2D eigenvalue weighted by molar-refractivity contribution is 8.18. The molecule has 0 atom stereocenters. The van der Waals surface area contributed by atoms with Crippen molar-refractivity contribution in [3.05, 3.63) is 86.5 Å². The highest BCUT2D eigenvalue weighted by Crippen LogP contribution is 2.33. The minimum atomic E-state index is -0.598. The number of thioether (sulfide) groups is 1. The lowest BCUT2D eigenvalue weighted by atomic mass is 10.1. The van der Waals surface area contributed by atoms with Crippen molar-refractivity contribution in [2.24, 2.45) is 0 Å². The van der Waals surface area contributed by atoms with Crippen molar-refractivity contribution >= 4 is 46.3 Å². The maximum atomic E-state index is 12.7. The van der Waals surface area contributed by atoms with Gasteiger partial charge in [0.1, 0.15) is 18.1 Å². The second kappa shape index (κ2) is 9.36. The first kappa shape index (κ1) is 23.0. The number of rotatable bonds is 6. The molecule has 2 aromatic carbocycles. The van der Waals surface area contributed by atoms with Crippen LogP contribution in [0.3, 0.4) is 0 Å². The number of aryl methyl sites for hydroxylation is 2. The number of non-ortho nitro benzene ring substituents is 1. The minimum Gasteiger partial charge on any atom is -0.457 e. The molecule has 0 radical (unpaired) electrons. The third kappa shape index (κ3) is 5.07. The monoisotopic (exact) mass is 477 g/mol. The second-order valence-electron chi connectivity index (χ2n) is 7.70. The lowest BCUT2D eigenvalue weighted by Crippen LogP contribution is -2.36. The van der Waals surface area contributed by atoms with E-state index < -0.39 is 28.5 Å². The summed E-state index contributed by atoms with van der Waals surface area (Å²) in [7, 11) is 0. The Morgan fingerprint density at radius 1 is 1.12 bits per heavy atom. The van der Waals surface area contributed by atoms with Gasteiger partial charge in [0.05, 0.1) is 9.83 Å². The van der Waals surface area contributed by atoms with Gasteiger partial charge in [-0.3, -0.25) is 29.4 Å². The molecule has 0 aliphatic carbocycles. The molecule has 3 amide bonds. The van der Waals surface area contributed by atoms with Gasteiger partial charge in [-0.25, -0.2) is 0 Å². The minimum absolute atomic E-state index is 0.0735. The van der Waals surface area contributed by atoms with Gasteiger partial charge in [-0.05, 0) is 61.0 Å². The number of anilines is 1. The topological polar surface area (TPSA) is 123 Å². The van der Waals surface area contributed by atoms with Gasteiger partial charge in [-0.15, -0.1) is 0 Å². The predicted octanol–water partition coefficient (Wildman–Crippen LogP) is 5.15. The van der Waals surface area contributed by atoms with E-state index in [-0.39, 0.29) is 10.6 Å². The van der Waals surface area contributed by atoms with Crippen molar-refractivity contribution in [1.82, 2.24) is 4.90 Å². The summed E-state index contributed by atoms with van der Waals surface area (Å²) in [6.45, 7) is 3.40. The van der Waals surface area contributed by atoms with Gasteiger partial charge in [-0.1, -0.05) is 18.2 Å². The third-order valence-corrected chi connectivity index (χ3v) is 5.83. The van der Waals surface area contributed by atoms with Gasteiger partial charge in [0, 0.05) is 29.5 Å². The molecule has 1 fully saturated rings. The van der Waals surface area contributed by atoms with E-state index >= 15 is 0 Å². The number of nitrogens with zero attached hydrogens (tertiary/aromatic N) is 2. The predicted molar refractivity (Wildman–Crippen MR) is 128 cm³/mol. The molecule has 0 bridgehead atoms. The van der Waals surface area contributed by atoms with Crippen LogP contribution < -0.4 is 5.32 Å². The number of amides is 3. The van der Waals surface area contributed by atoms with Crippen LogP contribution in [0.4, 0.5) is 16.2 Å². The van der Waals surface area contributed by atoms with Crippen LogP contribution in [-0.2, 0) is 9.59 Å². The first-order valence-electron chi connectivity index (χ1n) is 10.2.